The van der Waals surface area contributed by atoms with E-state index in [4.69, 9.17) is 4.74 Å². The molecule has 0 aliphatic rings. The van der Waals surface area contributed by atoms with E-state index in [9.17, 15) is 0 Å². The second-order valence-corrected chi connectivity index (χ2v) is 3.49. The van der Waals surface area contributed by atoms with E-state index in [1.807, 2.05) is 57.2 Å². The summed E-state index contributed by atoms with van der Waals surface area (Å²) in [4.78, 5) is 0. The minimum atomic E-state index is 0.875. The first kappa shape index (κ1) is 17.0. The monoisotopic (exact) mass is 256 g/mol. The summed E-state index contributed by atoms with van der Waals surface area (Å²) in [5.41, 5.74) is 2.30. The molecule has 0 amide bonds. The second kappa shape index (κ2) is 11.1. The SMILES string of the molecule is C=C\C=C/C(/C=C/c1ccc(OC)cc1)=C\C.CC. The van der Waals surface area contributed by atoms with Crippen molar-refractivity contribution in [2.45, 2.75) is 20.8 Å². The van der Waals surface area contributed by atoms with Crippen molar-refractivity contribution < 1.29 is 4.74 Å². The fraction of sp³-hybridized carbons (Fsp3) is 0.222. The summed E-state index contributed by atoms with van der Waals surface area (Å²) in [6.07, 6.45) is 11.9. The highest BCUT2D eigenvalue weighted by Crippen LogP contribution is 2.13. The van der Waals surface area contributed by atoms with E-state index in [1.165, 1.54) is 0 Å². The molecule has 19 heavy (non-hydrogen) atoms. The van der Waals surface area contributed by atoms with Crippen LogP contribution in [-0.4, -0.2) is 7.11 Å². The Kier molecular flexibility index (Phi) is 9.91. The van der Waals surface area contributed by atoms with Crippen LogP contribution in [0.2, 0.25) is 0 Å². The Morgan fingerprint density at radius 2 is 1.74 bits per heavy atom. The van der Waals surface area contributed by atoms with Crippen LogP contribution in [0.25, 0.3) is 6.08 Å². The molecule has 0 spiro atoms. The van der Waals surface area contributed by atoms with Gasteiger partial charge in [-0.15, -0.1) is 0 Å². The van der Waals surface area contributed by atoms with Gasteiger partial charge in [0.05, 0.1) is 7.11 Å². The molecule has 0 aliphatic carbocycles. The number of ether oxygens (including phenoxy) is 1. The van der Waals surface area contributed by atoms with Crippen LogP contribution in [0.15, 0.2) is 66.8 Å². The second-order valence-electron chi connectivity index (χ2n) is 3.49. The van der Waals surface area contributed by atoms with Gasteiger partial charge in [0.1, 0.15) is 5.75 Å². The van der Waals surface area contributed by atoms with E-state index >= 15 is 0 Å². The lowest BCUT2D eigenvalue weighted by Crippen LogP contribution is -1.81. The molecule has 1 heteroatoms. The van der Waals surface area contributed by atoms with Crippen LogP contribution in [0.1, 0.15) is 26.3 Å². The summed E-state index contributed by atoms with van der Waals surface area (Å²) in [6, 6.07) is 7.96. The Labute approximate surface area is 117 Å². The first-order valence-corrected chi connectivity index (χ1v) is 6.57. The third-order valence-corrected chi connectivity index (χ3v) is 2.34. The third-order valence-electron chi connectivity index (χ3n) is 2.34. The molecule has 1 aromatic rings. The number of hydrogen-bond acceptors (Lipinski definition) is 1. The minimum absolute atomic E-state index is 0.875. The van der Waals surface area contributed by atoms with Crippen LogP contribution in [0.4, 0.5) is 0 Å². The fourth-order valence-corrected chi connectivity index (χ4v) is 1.33. The van der Waals surface area contributed by atoms with Gasteiger partial charge in [0.25, 0.3) is 0 Å². The van der Waals surface area contributed by atoms with E-state index in [-0.39, 0.29) is 0 Å². The zero-order valence-electron chi connectivity index (χ0n) is 12.4. The molecule has 0 fully saturated rings. The van der Waals surface area contributed by atoms with Crippen LogP contribution in [0.3, 0.4) is 0 Å². The van der Waals surface area contributed by atoms with Gasteiger partial charge < -0.3 is 4.74 Å². The van der Waals surface area contributed by atoms with Crippen molar-refractivity contribution in [3.63, 3.8) is 0 Å². The summed E-state index contributed by atoms with van der Waals surface area (Å²) >= 11 is 0. The largest absolute Gasteiger partial charge is 0.497 e. The number of hydrogen-bond donors (Lipinski definition) is 0. The van der Waals surface area contributed by atoms with Crippen molar-refractivity contribution in [2.24, 2.45) is 0 Å². The Balaban J connectivity index is 0.00000154. The average Bonchev–Trinajstić information content (AvgIpc) is 2.50. The number of rotatable bonds is 5. The van der Waals surface area contributed by atoms with Gasteiger partial charge in [-0.25, -0.2) is 0 Å². The number of methoxy groups -OCH3 is 1. The van der Waals surface area contributed by atoms with E-state index in [2.05, 4.69) is 24.8 Å². The van der Waals surface area contributed by atoms with Crippen LogP contribution in [0, 0.1) is 0 Å². The zero-order valence-corrected chi connectivity index (χ0v) is 12.4. The smallest absolute Gasteiger partial charge is 0.118 e. The minimum Gasteiger partial charge on any atom is -0.497 e. The van der Waals surface area contributed by atoms with Crippen molar-refractivity contribution in [2.75, 3.05) is 7.11 Å². The molecule has 0 N–H and O–H groups in total. The highest BCUT2D eigenvalue weighted by molar-refractivity contribution is 5.55. The normalized spacial score (nSPS) is 11.3. The van der Waals surface area contributed by atoms with Crippen molar-refractivity contribution in [1.82, 2.24) is 0 Å². The highest BCUT2D eigenvalue weighted by Gasteiger charge is 1.90. The lowest BCUT2D eigenvalue weighted by molar-refractivity contribution is 0.415. The summed E-state index contributed by atoms with van der Waals surface area (Å²) in [5, 5.41) is 0. The maximum absolute atomic E-state index is 5.11. The summed E-state index contributed by atoms with van der Waals surface area (Å²) < 4.78 is 5.11. The summed E-state index contributed by atoms with van der Waals surface area (Å²) in [7, 11) is 1.67. The van der Waals surface area contributed by atoms with Crippen LogP contribution >= 0.6 is 0 Å². The predicted molar refractivity (Wildman–Crippen MR) is 86.5 cm³/mol. The molecule has 0 radical (unpaired) electrons. The molecule has 0 aliphatic heterocycles. The van der Waals surface area contributed by atoms with Crippen molar-refractivity contribution in [3.05, 3.63) is 72.4 Å². The summed E-state index contributed by atoms with van der Waals surface area (Å²) in [6.45, 7) is 9.67. The Bertz CT molecular complexity index is 433. The van der Waals surface area contributed by atoms with E-state index in [0.29, 0.717) is 0 Å². The van der Waals surface area contributed by atoms with Gasteiger partial charge in [0.15, 0.2) is 0 Å². The highest BCUT2D eigenvalue weighted by atomic mass is 16.5. The van der Waals surface area contributed by atoms with Gasteiger partial charge in [-0.3, -0.25) is 0 Å². The lowest BCUT2D eigenvalue weighted by atomic mass is 10.1. The van der Waals surface area contributed by atoms with Crippen molar-refractivity contribution in [1.29, 1.82) is 0 Å². The Morgan fingerprint density at radius 1 is 1.11 bits per heavy atom. The molecule has 0 saturated carbocycles. The molecule has 0 atom stereocenters. The number of benzene rings is 1. The topological polar surface area (TPSA) is 9.23 Å². The van der Waals surface area contributed by atoms with Gasteiger partial charge in [0, 0.05) is 0 Å². The molecule has 1 nitrogen and oxygen atoms in total. The molecule has 0 saturated heterocycles. The lowest BCUT2D eigenvalue weighted by Gasteiger charge is -1.99. The van der Waals surface area contributed by atoms with E-state index in [0.717, 1.165) is 16.9 Å². The maximum atomic E-state index is 5.11. The molecule has 0 aromatic heterocycles. The predicted octanol–water partition coefficient (Wildman–Crippen LogP) is 5.42. The van der Waals surface area contributed by atoms with Crippen molar-refractivity contribution >= 4 is 6.08 Å². The molecule has 1 rings (SSSR count). The average molecular weight is 256 g/mol. The third kappa shape index (κ3) is 7.10. The fourth-order valence-electron chi connectivity index (χ4n) is 1.33. The first-order valence-electron chi connectivity index (χ1n) is 6.57. The molecule has 1 aromatic carbocycles. The summed E-state index contributed by atoms with van der Waals surface area (Å²) in [5.74, 6) is 0.875. The molecule has 0 heterocycles. The van der Waals surface area contributed by atoms with Gasteiger partial charge in [0.2, 0.25) is 0 Å². The van der Waals surface area contributed by atoms with Gasteiger partial charge in [-0.2, -0.15) is 0 Å². The quantitative estimate of drug-likeness (QED) is 0.639. The van der Waals surface area contributed by atoms with E-state index < -0.39 is 0 Å². The number of allylic oxidation sites excluding steroid dienone is 6. The van der Waals surface area contributed by atoms with Gasteiger partial charge in [-0.1, -0.05) is 69.0 Å². The van der Waals surface area contributed by atoms with Gasteiger partial charge >= 0.3 is 0 Å². The molecule has 102 valence electrons. The molecule has 0 bridgehead atoms. The van der Waals surface area contributed by atoms with Crippen LogP contribution in [0.5, 0.6) is 5.75 Å². The standard InChI is InChI=1S/C16H18O.C2H6/c1-4-6-7-14(5-2)8-9-15-10-12-16(17-3)13-11-15;1-2/h4-13H,1H2,2-3H3;1-2H3/b7-6-,9-8+,14-5+;. The zero-order chi connectivity index (χ0) is 14.5. The van der Waals surface area contributed by atoms with Crippen LogP contribution < -0.4 is 4.74 Å². The Morgan fingerprint density at radius 3 is 2.21 bits per heavy atom. The first-order chi connectivity index (χ1) is 9.30. The van der Waals surface area contributed by atoms with Crippen LogP contribution in [-0.2, 0) is 0 Å². The van der Waals surface area contributed by atoms with Crippen molar-refractivity contribution in [3.8, 4) is 5.75 Å². The molecular formula is C18H24O. The maximum Gasteiger partial charge on any atom is 0.118 e. The van der Waals surface area contributed by atoms with E-state index in [1.54, 1.807) is 13.2 Å². The molecule has 0 unspecified atom stereocenters. The Hall–Kier alpha value is -2.02. The molecular weight excluding hydrogens is 232 g/mol. The van der Waals surface area contributed by atoms with Gasteiger partial charge in [-0.05, 0) is 30.2 Å².